The van der Waals surface area contributed by atoms with Crippen molar-refractivity contribution in [1.29, 1.82) is 0 Å². The highest BCUT2D eigenvalue weighted by molar-refractivity contribution is 7.82. The molecule has 1 fully saturated rings. The van der Waals surface area contributed by atoms with Crippen molar-refractivity contribution in [3.63, 3.8) is 0 Å². The first-order chi connectivity index (χ1) is 16.2. The van der Waals surface area contributed by atoms with Gasteiger partial charge in [0.05, 0.1) is 16.7 Å². The van der Waals surface area contributed by atoms with Crippen molar-refractivity contribution in [2.45, 2.75) is 51.6 Å². The summed E-state index contributed by atoms with van der Waals surface area (Å²) in [5.74, 6) is 1.19. The summed E-state index contributed by atoms with van der Waals surface area (Å²) in [6.45, 7) is 9.25. The Kier molecular flexibility index (Phi) is 9.10. The van der Waals surface area contributed by atoms with Gasteiger partial charge in [-0.05, 0) is 79.9 Å². The maximum absolute atomic E-state index is 12.8. The van der Waals surface area contributed by atoms with Crippen molar-refractivity contribution in [3.8, 4) is 0 Å². The Balaban J connectivity index is 1.30. The molecule has 1 aromatic rings. The smallest absolute Gasteiger partial charge is 0.0987 e. The summed E-state index contributed by atoms with van der Waals surface area (Å²) in [5, 5.41) is 0. The molecule has 0 amide bonds. The van der Waals surface area contributed by atoms with Crippen LogP contribution >= 0.6 is 0 Å². The van der Waals surface area contributed by atoms with Crippen LogP contribution in [0.4, 0.5) is 0 Å². The molecule has 1 aromatic carbocycles. The van der Waals surface area contributed by atoms with Gasteiger partial charge >= 0.3 is 0 Å². The fourth-order valence-electron chi connectivity index (χ4n) is 5.03. The minimum Gasteiger partial charge on any atom is -0.303 e. The Morgan fingerprint density at radius 3 is 2.61 bits per heavy atom. The third-order valence-electron chi connectivity index (χ3n) is 6.98. The van der Waals surface area contributed by atoms with E-state index in [4.69, 9.17) is 0 Å². The Bertz CT molecular complexity index is 927. The lowest BCUT2D eigenvalue weighted by Gasteiger charge is -2.27. The highest BCUT2D eigenvalue weighted by Gasteiger charge is 2.22. The number of fused-ring (bicyclic) bond motifs is 1. The van der Waals surface area contributed by atoms with E-state index in [9.17, 15) is 4.21 Å². The van der Waals surface area contributed by atoms with Crippen LogP contribution in [0.15, 0.2) is 84.5 Å². The van der Waals surface area contributed by atoms with E-state index in [1.54, 1.807) is 0 Å². The molecular weight excluding hydrogens is 424 g/mol. The number of allylic oxidation sites excluding steroid dienone is 8. The van der Waals surface area contributed by atoms with Gasteiger partial charge in [0.2, 0.25) is 0 Å². The maximum Gasteiger partial charge on any atom is 0.0987 e. The second-order valence-corrected chi connectivity index (χ2v) is 10.9. The molecule has 2 unspecified atom stereocenters. The van der Waals surface area contributed by atoms with Gasteiger partial charge in [0.25, 0.3) is 0 Å². The summed E-state index contributed by atoms with van der Waals surface area (Å²) >= 11 is 0. The Hall–Kier alpha value is -2.01. The molecule has 0 aromatic heterocycles. The van der Waals surface area contributed by atoms with Crippen LogP contribution in [0.1, 0.15) is 49.7 Å². The van der Waals surface area contributed by atoms with Crippen LogP contribution in [-0.4, -0.2) is 38.8 Å². The van der Waals surface area contributed by atoms with Crippen LogP contribution in [0.2, 0.25) is 0 Å². The first-order valence-corrected chi connectivity index (χ1v) is 13.8. The highest BCUT2D eigenvalue weighted by Crippen LogP contribution is 2.26. The largest absolute Gasteiger partial charge is 0.303 e. The molecule has 0 radical (unpaired) electrons. The van der Waals surface area contributed by atoms with E-state index in [-0.39, 0.29) is 0 Å². The van der Waals surface area contributed by atoms with Gasteiger partial charge in [-0.25, -0.2) is 8.51 Å². The summed E-state index contributed by atoms with van der Waals surface area (Å²) in [7, 11) is -1.01. The van der Waals surface area contributed by atoms with E-state index < -0.39 is 11.0 Å². The molecule has 3 aliphatic rings. The normalized spacial score (nSPS) is 23.3. The SMILES string of the molecule is C=C/C=C(\C=C/CS(=O)N1Cc2ccccc2C1)C1=CCCC(CCN2CCCCC2)C=C1. The average molecular weight is 463 g/mol. The van der Waals surface area contributed by atoms with Crippen molar-refractivity contribution in [2.75, 3.05) is 25.4 Å². The Morgan fingerprint density at radius 2 is 1.88 bits per heavy atom. The molecule has 0 spiro atoms. The lowest BCUT2D eigenvalue weighted by molar-refractivity contribution is 0.217. The molecule has 176 valence electrons. The van der Waals surface area contributed by atoms with E-state index in [2.05, 4.69) is 76.5 Å². The van der Waals surface area contributed by atoms with Gasteiger partial charge in [-0.3, -0.25) is 0 Å². The van der Waals surface area contributed by atoms with Crippen LogP contribution in [0.25, 0.3) is 0 Å². The molecule has 0 N–H and O–H groups in total. The zero-order valence-corrected chi connectivity index (χ0v) is 20.6. The Morgan fingerprint density at radius 1 is 1.12 bits per heavy atom. The number of likely N-dealkylation sites (tertiary alicyclic amines) is 1. The van der Waals surface area contributed by atoms with Crippen LogP contribution in [0, 0.1) is 5.92 Å². The van der Waals surface area contributed by atoms with Crippen molar-refractivity contribution >= 4 is 11.0 Å². The van der Waals surface area contributed by atoms with Crippen molar-refractivity contribution in [2.24, 2.45) is 5.92 Å². The molecule has 1 saturated heterocycles. The second kappa shape index (κ2) is 12.5. The number of piperidine rings is 1. The first kappa shape index (κ1) is 24.1. The van der Waals surface area contributed by atoms with Gasteiger partial charge < -0.3 is 4.90 Å². The number of hydrogen-bond acceptors (Lipinski definition) is 2. The number of hydrogen-bond donors (Lipinski definition) is 0. The third kappa shape index (κ3) is 6.99. The van der Waals surface area contributed by atoms with Crippen molar-refractivity contribution in [3.05, 3.63) is 95.6 Å². The standard InChI is InChI=1S/C29H38N2OS/c1-2-10-26(15-9-22-33(32)31-23-28-12-4-5-13-29(28)24-31)27-14-8-11-25(16-17-27)18-21-30-19-6-3-7-20-30/h2,4-5,9-10,12-17,25H,1,3,6-8,11,18-24H2/b15-9-,26-10+. The molecule has 3 nitrogen and oxygen atoms in total. The van der Waals surface area contributed by atoms with Crippen LogP contribution < -0.4 is 0 Å². The zero-order chi connectivity index (χ0) is 22.9. The van der Waals surface area contributed by atoms with E-state index in [0.717, 1.165) is 25.1 Å². The van der Waals surface area contributed by atoms with Crippen LogP contribution in [0.5, 0.6) is 0 Å². The molecule has 2 atom stereocenters. The van der Waals surface area contributed by atoms with Gasteiger partial charge in [-0.1, -0.05) is 79.8 Å². The van der Waals surface area contributed by atoms with Crippen molar-refractivity contribution in [1.82, 2.24) is 9.21 Å². The van der Waals surface area contributed by atoms with E-state index in [1.165, 1.54) is 68.4 Å². The molecule has 1 aliphatic carbocycles. The minimum atomic E-state index is -1.01. The minimum absolute atomic E-state index is 0.540. The maximum atomic E-state index is 12.8. The molecular formula is C29H38N2OS. The van der Waals surface area contributed by atoms with E-state index in [1.807, 2.05) is 6.08 Å². The van der Waals surface area contributed by atoms with E-state index >= 15 is 0 Å². The number of nitrogens with zero attached hydrogens (tertiary/aromatic N) is 2. The van der Waals surface area contributed by atoms with Crippen LogP contribution in [0.3, 0.4) is 0 Å². The van der Waals surface area contributed by atoms with Gasteiger partial charge in [-0.15, -0.1) is 0 Å². The predicted octanol–water partition coefficient (Wildman–Crippen LogP) is 6.10. The van der Waals surface area contributed by atoms with Crippen LogP contribution in [-0.2, 0) is 24.1 Å². The van der Waals surface area contributed by atoms with Gasteiger partial charge in [0.15, 0.2) is 0 Å². The summed E-state index contributed by atoms with van der Waals surface area (Å²) in [6, 6.07) is 8.39. The molecule has 0 saturated carbocycles. The summed E-state index contributed by atoms with van der Waals surface area (Å²) < 4.78 is 14.9. The second-order valence-electron chi connectivity index (χ2n) is 9.36. The molecule has 0 bridgehead atoms. The topological polar surface area (TPSA) is 23.6 Å². The number of benzene rings is 1. The first-order valence-electron chi connectivity index (χ1n) is 12.5. The highest BCUT2D eigenvalue weighted by atomic mass is 32.2. The fraction of sp³-hybridized carbons (Fsp3) is 0.448. The van der Waals surface area contributed by atoms with Crippen molar-refractivity contribution < 1.29 is 4.21 Å². The predicted molar refractivity (Wildman–Crippen MR) is 141 cm³/mol. The zero-order valence-electron chi connectivity index (χ0n) is 19.8. The molecule has 2 heterocycles. The average Bonchev–Trinajstić information content (AvgIpc) is 3.15. The monoisotopic (exact) mass is 462 g/mol. The molecule has 2 aliphatic heterocycles. The molecule has 33 heavy (non-hydrogen) atoms. The lowest BCUT2D eigenvalue weighted by Crippen LogP contribution is -2.31. The molecule has 4 heteroatoms. The summed E-state index contributed by atoms with van der Waals surface area (Å²) in [5.41, 5.74) is 5.00. The summed E-state index contributed by atoms with van der Waals surface area (Å²) in [6.07, 6.45) is 22.9. The third-order valence-corrected chi connectivity index (χ3v) is 8.29. The van der Waals surface area contributed by atoms with Gasteiger partial charge in [0.1, 0.15) is 0 Å². The summed E-state index contributed by atoms with van der Waals surface area (Å²) in [4.78, 5) is 2.64. The molecule has 4 rings (SSSR count). The van der Waals surface area contributed by atoms with Gasteiger partial charge in [-0.2, -0.15) is 0 Å². The quantitative estimate of drug-likeness (QED) is 0.414. The fourth-order valence-corrected chi connectivity index (χ4v) is 6.06. The number of rotatable bonds is 9. The lowest BCUT2D eigenvalue weighted by atomic mass is 9.99. The Labute approximate surface area is 202 Å². The van der Waals surface area contributed by atoms with Gasteiger partial charge in [0, 0.05) is 13.1 Å². The van der Waals surface area contributed by atoms with E-state index in [0.29, 0.717) is 11.7 Å².